The number of nitrogens with one attached hydrogen (secondary N) is 1. The van der Waals surface area contributed by atoms with Gasteiger partial charge in [-0.05, 0) is 37.7 Å². The fraction of sp³-hybridized carbons (Fsp3) is 0.462. The molecule has 0 spiro atoms. The minimum Gasteiger partial charge on any atom is -0.377 e. The number of nitro benzene ring substituents is 1. The summed E-state index contributed by atoms with van der Waals surface area (Å²) in [6.07, 6.45) is 5.12. The van der Waals surface area contributed by atoms with Crippen LogP contribution in [0.15, 0.2) is 18.2 Å². The number of amides is 1. The highest BCUT2D eigenvalue weighted by Gasteiger charge is 2.26. The van der Waals surface area contributed by atoms with Gasteiger partial charge in [0.25, 0.3) is 5.69 Å². The number of hydrogen-bond donors (Lipinski definition) is 2. The van der Waals surface area contributed by atoms with E-state index in [2.05, 4.69) is 11.6 Å². The highest BCUT2D eigenvalue weighted by atomic mass is 32.2. The summed E-state index contributed by atoms with van der Waals surface area (Å²) in [6.45, 7) is 0. The Morgan fingerprint density at radius 1 is 1.50 bits per heavy atom. The van der Waals surface area contributed by atoms with Gasteiger partial charge in [0.1, 0.15) is 5.69 Å². The first kappa shape index (κ1) is 14.6. The number of nitro groups is 1. The van der Waals surface area contributed by atoms with Crippen molar-refractivity contribution in [2.24, 2.45) is 5.73 Å². The molecule has 0 radical (unpaired) electrons. The molecule has 1 aliphatic rings. The molecule has 1 saturated carbocycles. The Kier molecular flexibility index (Phi) is 4.49. The zero-order valence-corrected chi connectivity index (χ0v) is 12.0. The van der Waals surface area contributed by atoms with Gasteiger partial charge in [0, 0.05) is 22.9 Å². The van der Waals surface area contributed by atoms with Gasteiger partial charge in [-0.3, -0.25) is 14.9 Å². The average molecular weight is 295 g/mol. The molecule has 1 aromatic rings. The molecular weight excluding hydrogens is 278 g/mol. The number of rotatable bonds is 5. The number of carbonyl (C=O) groups excluding carboxylic acids is 1. The minimum absolute atomic E-state index is 0.0254. The first-order valence-corrected chi connectivity index (χ1v) is 7.67. The Balaban J connectivity index is 2.22. The molecule has 0 aliphatic heterocycles. The smallest absolute Gasteiger partial charge is 0.292 e. The van der Waals surface area contributed by atoms with Crippen LogP contribution in [-0.2, 0) is 0 Å². The van der Waals surface area contributed by atoms with E-state index in [1.807, 2.05) is 11.8 Å². The normalized spacial score (nSPS) is 21.6. The van der Waals surface area contributed by atoms with Gasteiger partial charge >= 0.3 is 0 Å². The van der Waals surface area contributed by atoms with E-state index in [-0.39, 0.29) is 17.3 Å². The topological polar surface area (TPSA) is 98.3 Å². The summed E-state index contributed by atoms with van der Waals surface area (Å²) in [5.41, 5.74) is 5.84. The number of benzene rings is 1. The molecule has 0 saturated heterocycles. The maximum absolute atomic E-state index is 11.2. The van der Waals surface area contributed by atoms with Crippen LogP contribution >= 0.6 is 11.8 Å². The molecule has 108 valence electrons. The molecule has 0 aromatic heterocycles. The molecule has 1 aliphatic carbocycles. The summed E-state index contributed by atoms with van der Waals surface area (Å²) in [6, 6.07) is 4.37. The minimum atomic E-state index is -0.587. The lowest BCUT2D eigenvalue weighted by atomic mass is 10.1. The summed E-state index contributed by atoms with van der Waals surface area (Å²) in [7, 11) is 0. The summed E-state index contributed by atoms with van der Waals surface area (Å²) >= 11 is 1.82. The van der Waals surface area contributed by atoms with Crippen molar-refractivity contribution in [2.75, 3.05) is 11.6 Å². The molecule has 0 heterocycles. The molecule has 1 amide bonds. The quantitative estimate of drug-likeness (QED) is 0.642. The van der Waals surface area contributed by atoms with Crippen LogP contribution in [-0.4, -0.2) is 28.4 Å². The van der Waals surface area contributed by atoms with Gasteiger partial charge in [-0.15, -0.1) is 0 Å². The van der Waals surface area contributed by atoms with Gasteiger partial charge in [-0.2, -0.15) is 11.8 Å². The fourth-order valence-electron chi connectivity index (χ4n) is 2.47. The van der Waals surface area contributed by atoms with Crippen LogP contribution in [0.25, 0.3) is 0 Å². The van der Waals surface area contributed by atoms with Crippen LogP contribution in [0.3, 0.4) is 0 Å². The van der Waals surface area contributed by atoms with E-state index in [0.717, 1.165) is 19.3 Å². The van der Waals surface area contributed by atoms with Crippen LogP contribution in [0.5, 0.6) is 0 Å². The zero-order chi connectivity index (χ0) is 14.7. The predicted octanol–water partition coefficient (Wildman–Crippen LogP) is 2.39. The van der Waals surface area contributed by atoms with Crippen molar-refractivity contribution in [1.82, 2.24) is 0 Å². The molecule has 20 heavy (non-hydrogen) atoms. The van der Waals surface area contributed by atoms with E-state index < -0.39 is 10.8 Å². The number of carbonyl (C=O) groups is 1. The Bertz CT molecular complexity index is 536. The molecule has 7 heteroatoms. The van der Waals surface area contributed by atoms with Crippen molar-refractivity contribution < 1.29 is 9.72 Å². The van der Waals surface area contributed by atoms with E-state index in [1.165, 1.54) is 18.2 Å². The molecule has 3 N–H and O–H groups in total. The van der Waals surface area contributed by atoms with Crippen molar-refractivity contribution in [1.29, 1.82) is 0 Å². The van der Waals surface area contributed by atoms with Crippen molar-refractivity contribution in [3.05, 3.63) is 33.9 Å². The third-order valence-corrected chi connectivity index (χ3v) is 4.65. The lowest BCUT2D eigenvalue weighted by Gasteiger charge is -2.15. The standard InChI is InChI=1S/C13H17N3O3S/c1-20-10-4-3-9(7-10)15-11-6-8(13(14)17)2-5-12(11)16(18)19/h2,5-6,9-10,15H,3-4,7H2,1H3,(H2,14,17). The number of hydrogen-bond acceptors (Lipinski definition) is 5. The Hall–Kier alpha value is -1.76. The highest BCUT2D eigenvalue weighted by Crippen LogP contribution is 2.33. The van der Waals surface area contributed by atoms with Gasteiger partial charge in [0.2, 0.25) is 5.91 Å². The first-order valence-electron chi connectivity index (χ1n) is 6.39. The maximum Gasteiger partial charge on any atom is 0.292 e. The van der Waals surface area contributed by atoms with E-state index in [1.54, 1.807) is 0 Å². The van der Waals surface area contributed by atoms with Crippen LogP contribution < -0.4 is 11.1 Å². The zero-order valence-electron chi connectivity index (χ0n) is 11.2. The monoisotopic (exact) mass is 295 g/mol. The van der Waals surface area contributed by atoms with E-state index in [0.29, 0.717) is 10.9 Å². The molecular formula is C13H17N3O3S. The number of nitrogens with two attached hydrogens (primary N) is 1. The van der Waals surface area contributed by atoms with Crippen molar-refractivity contribution >= 4 is 29.0 Å². The summed E-state index contributed by atoms with van der Waals surface area (Å²) in [4.78, 5) is 21.8. The molecule has 6 nitrogen and oxygen atoms in total. The SMILES string of the molecule is CSC1CCC(Nc2cc(C(N)=O)ccc2[N+](=O)[O-])C1. The fourth-order valence-corrected chi connectivity index (χ4v) is 3.27. The number of nitrogens with zero attached hydrogens (tertiary/aromatic N) is 1. The van der Waals surface area contributed by atoms with Gasteiger partial charge in [0.15, 0.2) is 0 Å². The second-order valence-corrected chi connectivity index (χ2v) is 6.00. The Labute approximate surface area is 121 Å². The van der Waals surface area contributed by atoms with Gasteiger partial charge < -0.3 is 11.1 Å². The van der Waals surface area contributed by atoms with E-state index >= 15 is 0 Å². The summed E-state index contributed by atoms with van der Waals surface area (Å²) in [5, 5.41) is 14.8. The third kappa shape index (κ3) is 3.22. The maximum atomic E-state index is 11.2. The van der Waals surface area contributed by atoms with Crippen molar-refractivity contribution in [3.8, 4) is 0 Å². The summed E-state index contributed by atoms with van der Waals surface area (Å²) < 4.78 is 0. The molecule has 0 bridgehead atoms. The lowest BCUT2D eigenvalue weighted by molar-refractivity contribution is -0.384. The molecule has 2 unspecified atom stereocenters. The van der Waals surface area contributed by atoms with Crippen molar-refractivity contribution in [2.45, 2.75) is 30.6 Å². The first-order chi connectivity index (χ1) is 9.51. The molecule has 1 fully saturated rings. The van der Waals surface area contributed by atoms with Gasteiger partial charge in [0.05, 0.1) is 4.92 Å². The number of thioether (sulfide) groups is 1. The average Bonchev–Trinajstić information content (AvgIpc) is 2.86. The number of anilines is 1. The van der Waals surface area contributed by atoms with Crippen LogP contribution in [0.2, 0.25) is 0 Å². The molecule has 2 atom stereocenters. The van der Waals surface area contributed by atoms with E-state index in [4.69, 9.17) is 5.73 Å². The third-order valence-electron chi connectivity index (χ3n) is 3.56. The van der Waals surface area contributed by atoms with Crippen molar-refractivity contribution in [3.63, 3.8) is 0 Å². The molecule has 2 rings (SSSR count). The second kappa shape index (κ2) is 6.13. The van der Waals surface area contributed by atoms with Crippen LogP contribution in [0.4, 0.5) is 11.4 Å². The highest BCUT2D eigenvalue weighted by molar-refractivity contribution is 7.99. The van der Waals surface area contributed by atoms with Gasteiger partial charge in [-0.25, -0.2) is 0 Å². The Morgan fingerprint density at radius 2 is 2.25 bits per heavy atom. The largest absolute Gasteiger partial charge is 0.377 e. The Morgan fingerprint density at radius 3 is 2.80 bits per heavy atom. The number of primary amides is 1. The van der Waals surface area contributed by atoms with E-state index in [9.17, 15) is 14.9 Å². The molecule has 1 aromatic carbocycles. The lowest BCUT2D eigenvalue weighted by Crippen LogP contribution is -2.18. The summed E-state index contributed by atoms with van der Waals surface area (Å²) in [5.74, 6) is -0.587. The predicted molar refractivity (Wildman–Crippen MR) is 80.2 cm³/mol. The van der Waals surface area contributed by atoms with Gasteiger partial charge in [-0.1, -0.05) is 0 Å². The van der Waals surface area contributed by atoms with Crippen LogP contribution in [0.1, 0.15) is 29.6 Å². The second-order valence-electron chi connectivity index (χ2n) is 4.87. The van der Waals surface area contributed by atoms with Crippen LogP contribution in [0, 0.1) is 10.1 Å².